The molecule has 0 aromatic heterocycles. The maximum absolute atomic E-state index is 12.8. The Hall–Kier alpha value is -2.20. The first-order valence-corrected chi connectivity index (χ1v) is 24.4. The minimum absolute atomic E-state index is 0.00441. The van der Waals surface area contributed by atoms with Gasteiger partial charge < -0.3 is 34.3 Å². The molecule has 0 bridgehead atoms. The zero-order chi connectivity index (χ0) is 43.9. The van der Waals surface area contributed by atoms with Gasteiger partial charge in [0, 0.05) is 13.0 Å². The van der Waals surface area contributed by atoms with Gasteiger partial charge in [0.25, 0.3) is 0 Å². The van der Waals surface area contributed by atoms with Crippen molar-refractivity contribution in [3.63, 3.8) is 0 Å². The van der Waals surface area contributed by atoms with Gasteiger partial charge >= 0.3 is 16.4 Å². The second-order valence-electron chi connectivity index (χ2n) is 15.6. The maximum atomic E-state index is 12.8. The Morgan fingerprint density at radius 2 is 1.15 bits per heavy atom. The largest absolute Gasteiger partial charge is 0.457 e. The van der Waals surface area contributed by atoms with Gasteiger partial charge in [-0.3, -0.25) is 9.35 Å². The van der Waals surface area contributed by atoms with Gasteiger partial charge in [-0.15, -0.1) is 0 Å². The summed E-state index contributed by atoms with van der Waals surface area (Å²) in [6, 6.07) is 0. The van der Waals surface area contributed by atoms with Crippen LogP contribution in [-0.2, 0) is 38.3 Å². The molecule has 1 rings (SSSR count). The van der Waals surface area contributed by atoms with E-state index in [9.17, 15) is 28.5 Å². The van der Waals surface area contributed by atoms with Gasteiger partial charge in [0.1, 0.15) is 30.5 Å². The van der Waals surface area contributed by atoms with Gasteiger partial charge in [-0.1, -0.05) is 158 Å². The molecule has 0 aliphatic carbocycles. The van der Waals surface area contributed by atoms with E-state index in [0.29, 0.717) is 13.0 Å². The standard InChI is InChI=1S/C47H82O12S/c1-3-5-7-9-11-13-15-17-18-19-20-21-22-23-25-27-29-31-33-35-37-55-39-41(40-56-47-45(51)46(59-60(52,53)54)44(50)42(38-48)58-47)57-43(49)36-34-32-30-28-26-24-16-14-12-10-8-6-4-2/h6,8,12,14,17-18,24,26,30,32,41-42,44-48,50-51H,3-5,7,9-11,13,15-16,19-23,25,27-29,31,33-40H2,1-2H3,(H,52,53,54)/b8-6-,14-12-,18-17-,26-24-,32-30-. The lowest BCUT2D eigenvalue weighted by atomic mass is 9.99. The summed E-state index contributed by atoms with van der Waals surface area (Å²) >= 11 is 0. The fourth-order valence-corrected chi connectivity index (χ4v) is 7.19. The quantitative estimate of drug-likeness (QED) is 0.0199. The predicted octanol–water partition coefficient (Wildman–Crippen LogP) is 9.74. The molecule has 1 aliphatic rings. The van der Waals surface area contributed by atoms with Crippen LogP contribution >= 0.6 is 0 Å². The Morgan fingerprint density at radius 1 is 0.650 bits per heavy atom. The Bertz CT molecular complexity index is 1280. The number of hydrogen-bond donors (Lipinski definition) is 4. The zero-order valence-corrected chi connectivity index (χ0v) is 37.8. The number of carbonyl (C=O) groups excluding carboxylic acids is 1. The monoisotopic (exact) mass is 871 g/mol. The maximum Gasteiger partial charge on any atom is 0.397 e. The number of aliphatic hydroxyl groups excluding tert-OH is 3. The van der Waals surface area contributed by atoms with Crippen LogP contribution in [0, 0.1) is 0 Å². The van der Waals surface area contributed by atoms with E-state index >= 15 is 0 Å². The van der Waals surface area contributed by atoms with Crippen LogP contribution < -0.4 is 0 Å². The zero-order valence-electron chi connectivity index (χ0n) is 37.0. The van der Waals surface area contributed by atoms with E-state index in [0.717, 1.165) is 44.9 Å². The van der Waals surface area contributed by atoms with Crippen molar-refractivity contribution in [2.45, 2.75) is 205 Å². The van der Waals surface area contributed by atoms with Crippen molar-refractivity contribution in [1.82, 2.24) is 0 Å². The SMILES string of the molecule is CC/C=C\C/C=C\C/C=C\C/C=C\CCC(=O)OC(COCCCCCCCCCCCC/C=C\CCCCCCCC)COC1OC(CO)C(O)C(OS(=O)(=O)O)C1O. The molecule has 0 aromatic carbocycles. The minimum atomic E-state index is -5.07. The first-order valence-electron chi connectivity index (χ1n) is 23.0. The van der Waals surface area contributed by atoms with Crippen LogP contribution in [0.1, 0.15) is 168 Å². The van der Waals surface area contributed by atoms with Gasteiger partial charge in [0.2, 0.25) is 0 Å². The molecule has 0 saturated carbocycles. The predicted molar refractivity (Wildman–Crippen MR) is 239 cm³/mol. The lowest BCUT2D eigenvalue weighted by Gasteiger charge is -2.41. The molecular formula is C47H82O12S. The molecule has 6 unspecified atom stereocenters. The summed E-state index contributed by atoms with van der Waals surface area (Å²) < 4.78 is 58.9. The molecule has 4 N–H and O–H groups in total. The van der Waals surface area contributed by atoms with Crippen molar-refractivity contribution >= 4 is 16.4 Å². The summed E-state index contributed by atoms with van der Waals surface area (Å²) in [5, 5.41) is 30.6. The molecule has 0 amide bonds. The van der Waals surface area contributed by atoms with Crippen LogP contribution in [0.2, 0.25) is 0 Å². The highest BCUT2D eigenvalue weighted by molar-refractivity contribution is 7.80. The molecular weight excluding hydrogens is 789 g/mol. The molecule has 1 saturated heterocycles. The number of ether oxygens (including phenoxy) is 4. The summed E-state index contributed by atoms with van der Waals surface area (Å²) in [6.07, 6.45) is 38.5. The second-order valence-corrected chi connectivity index (χ2v) is 16.7. The van der Waals surface area contributed by atoms with Gasteiger partial charge in [-0.25, -0.2) is 4.18 Å². The van der Waals surface area contributed by atoms with E-state index in [1.165, 1.54) is 96.3 Å². The van der Waals surface area contributed by atoms with Crippen LogP contribution in [0.25, 0.3) is 0 Å². The van der Waals surface area contributed by atoms with E-state index in [4.69, 9.17) is 23.5 Å². The number of unbranched alkanes of at least 4 members (excludes halogenated alkanes) is 16. The number of rotatable bonds is 39. The highest BCUT2D eigenvalue weighted by Crippen LogP contribution is 2.26. The second kappa shape index (κ2) is 38.5. The molecule has 60 heavy (non-hydrogen) atoms. The highest BCUT2D eigenvalue weighted by atomic mass is 32.3. The molecule has 13 heteroatoms. The van der Waals surface area contributed by atoms with Gasteiger partial charge in [-0.05, 0) is 64.2 Å². The van der Waals surface area contributed by atoms with Crippen molar-refractivity contribution in [2.24, 2.45) is 0 Å². The van der Waals surface area contributed by atoms with Crippen molar-refractivity contribution in [2.75, 3.05) is 26.4 Å². The average molecular weight is 871 g/mol. The molecule has 12 nitrogen and oxygen atoms in total. The number of hydrogen-bond acceptors (Lipinski definition) is 11. The van der Waals surface area contributed by atoms with Crippen LogP contribution in [0.5, 0.6) is 0 Å². The lowest BCUT2D eigenvalue weighted by molar-refractivity contribution is -0.301. The van der Waals surface area contributed by atoms with E-state index in [1.54, 1.807) is 0 Å². The van der Waals surface area contributed by atoms with Crippen LogP contribution in [0.15, 0.2) is 60.8 Å². The minimum Gasteiger partial charge on any atom is -0.457 e. The van der Waals surface area contributed by atoms with E-state index in [-0.39, 0.29) is 19.6 Å². The lowest BCUT2D eigenvalue weighted by Crippen LogP contribution is -2.60. The number of allylic oxidation sites excluding steroid dienone is 10. The van der Waals surface area contributed by atoms with E-state index < -0.39 is 59.8 Å². The molecule has 6 atom stereocenters. The summed E-state index contributed by atoms with van der Waals surface area (Å²) in [4.78, 5) is 12.8. The van der Waals surface area contributed by atoms with E-state index in [2.05, 4.69) is 66.6 Å². The first-order chi connectivity index (χ1) is 29.1. The summed E-state index contributed by atoms with van der Waals surface area (Å²) in [5.74, 6) is -0.480. The third-order valence-electron chi connectivity index (χ3n) is 10.1. The number of esters is 1. The molecule has 0 spiro atoms. The summed E-state index contributed by atoms with van der Waals surface area (Å²) in [6.45, 7) is 3.77. The van der Waals surface area contributed by atoms with Gasteiger partial charge in [0.05, 0.1) is 19.8 Å². The van der Waals surface area contributed by atoms with E-state index in [1.807, 2.05) is 12.2 Å². The normalized spacial score (nSPS) is 20.8. The van der Waals surface area contributed by atoms with Crippen LogP contribution in [0.3, 0.4) is 0 Å². The van der Waals surface area contributed by atoms with Crippen molar-refractivity contribution < 1.29 is 56.2 Å². The smallest absolute Gasteiger partial charge is 0.397 e. The number of carbonyl (C=O) groups is 1. The van der Waals surface area contributed by atoms with Crippen molar-refractivity contribution in [1.29, 1.82) is 0 Å². The van der Waals surface area contributed by atoms with Crippen LogP contribution in [-0.4, -0.2) is 97.5 Å². The fraction of sp³-hybridized carbons (Fsp3) is 0.766. The molecule has 1 aliphatic heterocycles. The Kier molecular flexibility index (Phi) is 35.8. The highest BCUT2D eigenvalue weighted by Gasteiger charge is 2.48. The van der Waals surface area contributed by atoms with Gasteiger partial charge in [-0.2, -0.15) is 8.42 Å². The summed E-state index contributed by atoms with van der Waals surface area (Å²) in [7, 11) is -5.07. The Labute approximate surface area is 363 Å². The molecule has 0 aromatic rings. The Morgan fingerprint density at radius 3 is 1.68 bits per heavy atom. The molecule has 1 heterocycles. The van der Waals surface area contributed by atoms with Crippen molar-refractivity contribution in [3.8, 4) is 0 Å². The fourth-order valence-electron chi connectivity index (χ4n) is 6.68. The summed E-state index contributed by atoms with van der Waals surface area (Å²) in [5.41, 5.74) is 0. The topological polar surface area (TPSA) is 178 Å². The van der Waals surface area contributed by atoms with Crippen LogP contribution in [0.4, 0.5) is 0 Å². The molecule has 0 radical (unpaired) electrons. The average Bonchev–Trinajstić information content (AvgIpc) is 3.22. The molecule has 348 valence electrons. The Balaban J connectivity index is 2.43. The third kappa shape index (κ3) is 31.6. The van der Waals surface area contributed by atoms with Gasteiger partial charge in [0.15, 0.2) is 6.29 Å². The van der Waals surface area contributed by atoms with Crippen molar-refractivity contribution in [3.05, 3.63) is 60.8 Å². The molecule has 1 fully saturated rings. The number of aliphatic hydroxyl groups is 3. The third-order valence-corrected chi connectivity index (χ3v) is 10.6. The first kappa shape index (κ1) is 55.8.